The van der Waals surface area contributed by atoms with Gasteiger partial charge in [0.2, 0.25) is 0 Å². The number of furan rings is 2. The van der Waals surface area contributed by atoms with E-state index in [4.69, 9.17) is 4.42 Å². The van der Waals surface area contributed by atoms with Crippen LogP contribution in [0, 0.1) is 0 Å². The largest absolute Gasteiger partial charge is 0.457 e. The van der Waals surface area contributed by atoms with Crippen LogP contribution >= 0.6 is 0 Å². The van der Waals surface area contributed by atoms with Crippen LogP contribution in [0.2, 0.25) is 0 Å². The molecule has 0 saturated carbocycles. The molecule has 0 amide bonds. The van der Waals surface area contributed by atoms with Gasteiger partial charge in [0.05, 0.1) is 0 Å². The Balaban J connectivity index is 2.12. The fourth-order valence-corrected chi connectivity index (χ4v) is 2.14. The molecular weight excluding hydrogens is 184 g/mol. The van der Waals surface area contributed by atoms with Gasteiger partial charge in [-0.2, -0.15) is 0 Å². The predicted molar refractivity (Wildman–Crippen MR) is 64.6 cm³/mol. The van der Waals surface area contributed by atoms with E-state index in [1.54, 1.807) is 0 Å². The Kier molecular flexibility index (Phi) is 3.30. The van der Waals surface area contributed by atoms with Crippen LogP contribution in [0.4, 0.5) is 0 Å². The summed E-state index contributed by atoms with van der Waals surface area (Å²) in [6.45, 7) is 4.47. The van der Waals surface area contributed by atoms with Crippen LogP contribution in [0.5, 0.6) is 0 Å². The maximum Gasteiger partial charge on any atom is 0.134 e. The summed E-state index contributed by atoms with van der Waals surface area (Å²) >= 11 is 0. The van der Waals surface area contributed by atoms with Crippen LogP contribution in [0.25, 0.3) is 11.2 Å². The molecule has 0 aromatic carbocycles. The van der Waals surface area contributed by atoms with Crippen LogP contribution in [0.15, 0.2) is 16.5 Å². The third kappa shape index (κ3) is 2.17. The van der Waals surface area contributed by atoms with Crippen molar-refractivity contribution in [2.24, 2.45) is 0 Å². The van der Waals surface area contributed by atoms with E-state index in [1.807, 2.05) is 0 Å². The van der Waals surface area contributed by atoms with E-state index < -0.39 is 0 Å². The molecule has 1 nitrogen and oxygen atoms in total. The average molecular weight is 204 g/mol. The van der Waals surface area contributed by atoms with Gasteiger partial charge in [0.1, 0.15) is 11.2 Å². The lowest BCUT2D eigenvalue weighted by atomic mass is 10.0. The smallest absolute Gasteiger partial charge is 0.134 e. The molecule has 0 radical (unpaired) electrons. The first kappa shape index (κ1) is 10.5. The summed E-state index contributed by atoms with van der Waals surface area (Å²) in [6, 6.07) is 4.42. The van der Waals surface area contributed by atoms with E-state index in [9.17, 15) is 0 Å². The molecule has 82 valence electrons. The number of unbranched alkanes of at least 4 members (excludes halogenated alkanes) is 2. The second kappa shape index (κ2) is 4.69. The lowest BCUT2D eigenvalue weighted by Crippen LogP contribution is -1.88. The molecule has 2 aromatic rings. The Bertz CT molecular complexity index is 367. The van der Waals surface area contributed by atoms with E-state index in [0.29, 0.717) is 0 Å². The number of aryl methyl sites for hydroxylation is 2. The van der Waals surface area contributed by atoms with Crippen LogP contribution in [-0.2, 0) is 12.8 Å². The number of hydrogen-bond acceptors (Lipinski definition) is 1. The van der Waals surface area contributed by atoms with E-state index in [1.165, 1.54) is 55.2 Å². The van der Waals surface area contributed by atoms with E-state index in [-0.39, 0.29) is 0 Å². The normalized spacial score (nSPS) is 11.6. The van der Waals surface area contributed by atoms with Crippen molar-refractivity contribution in [1.29, 1.82) is 0 Å². The SMILES string of the molecule is CCCCc1cc2cc(CCCC)c1o2. The van der Waals surface area contributed by atoms with Crippen LogP contribution < -0.4 is 0 Å². The molecule has 0 saturated heterocycles. The van der Waals surface area contributed by atoms with E-state index in [0.717, 1.165) is 5.58 Å². The maximum absolute atomic E-state index is 5.74. The minimum absolute atomic E-state index is 1.07. The Labute approximate surface area is 91.8 Å². The second-order valence-electron chi connectivity index (χ2n) is 4.38. The topological polar surface area (TPSA) is 13.1 Å². The van der Waals surface area contributed by atoms with Crippen molar-refractivity contribution in [2.75, 3.05) is 0 Å². The molecule has 2 aromatic heterocycles. The first-order valence-electron chi connectivity index (χ1n) is 6.18. The Hall–Kier alpha value is -0.980. The summed E-state index contributed by atoms with van der Waals surface area (Å²) < 4.78 is 5.74. The molecule has 0 aliphatic heterocycles. The highest BCUT2D eigenvalue weighted by Crippen LogP contribution is 2.29. The first-order chi connectivity index (χ1) is 7.35. The maximum atomic E-state index is 5.74. The van der Waals surface area contributed by atoms with Crippen LogP contribution in [0.1, 0.15) is 50.7 Å². The molecule has 0 unspecified atom stereocenters. The molecule has 0 aliphatic carbocycles. The fourth-order valence-electron chi connectivity index (χ4n) is 2.14. The lowest BCUT2D eigenvalue weighted by Gasteiger charge is -2.00. The quantitative estimate of drug-likeness (QED) is 0.672. The minimum atomic E-state index is 1.07. The monoisotopic (exact) mass is 204 g/mol. The molecule has 0 aliphatic rings. The highest BCUT2D eigenvalue weighted by molar-refractivity contribution is 5.71. The van der Waals surface area contributed by atoms with E-state index in [2.05, 4.69) is 26.0 Å². The standard InChI is InChI=1S/C14H20O/c1-3-5-7-11-9-13-10-12(8-6-4-2)14(11)15-13/h9-10H,3-8H2,1-2H3. The summed E-state index contributed by atoms with van der Waals surface area (Å²) in [4.78, 5) is 0. The molecule has 0 atom stereocenters. The Morgan fingerprint density at radius 2 is 1.47 bits per heavy atom. The zero-order valence-electron chi connectivity index (χ0n) is 9.81. The summed E-state index contributed by atoms with van der Waals surface area (Å²) in [5, 5.41) is 0. The van der Waals surface area contributed by atoms with Crippen molar-refractivity contribution in [1.82, 2.24) is 0 Å². The van der Waals surface area contributed by atoms with E-state index >= 15 is 0 Å². The molecule has 1 heteroatoms. The van der Waals surface area contributed by atoms with Gasteiger partial charge in [0, 0.05) is 0 Å². The Morgan fingerprint density at radius 3 is 1.87 bits per heavy atom. The molecule has 15 heavy (non-hydrogen) atoms. The molecule has 2 heterocycles. The number of rotatable bonds is 6. The summed E-state index contributed by atoms with van der Waals surface area (Å²) in [5.74, 6) is 0. The van der Waals surface area contributed by atoms with Crippen molar-refractivity contribution in [3.8, 4) is 0 Å². The van der Waals surface area contributed by atoms with Crippen molar-refractivity contribution in [2.45, 2.75) is 52.4 Å². The summed E-state index contributed by atoms with van der Waals surface area (Å²) in [7, 11) is 0. The predicted octanol–water partition coefficient (Wildman–Crippen LogP) is 4.56. The van der Waals surface area contributed by atoms with Gasteiger partial charge in [-0.15, -0.1) is 0 Å². The highest BCUT2D eigenvalue weighted by Gasteiger charge is 2.12. The minimum Gasteiger partial charge on any atom is -0.457 e. The number of benzene rings is 1. The van der Waals surface area contributed by atoms with Gasteiger partial charge >= 0.3 is 0 Å². The molecule has 2 bridgehead atoms. The third-order valence-electron chi connectivity index (χ3n) is 3.04. The zero-order chi connectivity index (χ0) is 10.7. The van der Waals surface area contributed by atoms with Crippen molar-refractivity contribution < 1.29 is 4.42 Å². The molecule has 2 rings (SSSR count). The van der Waals surface area contributed by atoms with Gasteiger partial charge in [-0.1, -0.05) is 26.7 Å². The van der Waals surface area contributed by atoms with Crippen molar-refractivity contribution in [3.63, 3.8) is 0 Å². The first-order valence-corrected chi connectivity index (χ1v) is 6.18. The second-order valence-corrected chi connectivity index (χ2v) is 4.38. The fraction of sp³-hybridized carbons (Fsp3) is 0.571. The van der Waals surface area contributed by atoms with Gasteiger partial charge in [-0.05, 0) is 48.9 Å². The zero-order valence-corrected chi connectivity index (χ0v) is 9.81. The molecule has 0 fully saturated rings. The van der Waals surface area contributed by atoms with Crippen molar-refractivity contribution in [3.05, 3.63) is 23.3 Å². The molecule has 0 spiro atoms. The lowest BCUT2D eigenvalue weighted by molar-refractivity contribution is 0.664. The van der Waals surface area contributed by atoms with Gasteiger partial charge < -0.3 is 4.42 Å². The summed E-state index contributed by atoms with van der Waals surface area (Å²) in [6.07, 6.45) is 7.42. The highest BCUT2D eigenvalue weighted by atomic mass is 16.3. The van der Waals surface area contributed by atoms with Gasteiger partial charge in [-0.25, -0.2) is 0 Å². The third-order valence-corrected chi connectivity index (χ3v) is 3.04. The molecule has 0 N–H and O–H groups in total. The average Bonchev–Trinajstić information content (AvgIpc) is 2.82. The Morgan fingerprint density at radius 1 is 0.933 bits per heavy atom. The van der Waals surface area contributed by atoms with Crippen LogP contribution in [-0.4, -0.2) is 0 Å². The summed E-state index contributed by atoms with van der Waals surface area (Å²) in [5.41, 5.74) is 5.12. The number of hydrogen-bond donors (Lipinski definition) is 0. The molecular formula is C14H20O. The van der Waals surface area contributed by atoms with Gasteiger partial charge in [0.25, 0.3) is 0 Å². The van der Waals surface area contributed by atoms with Gasteiger partial charge in [-0.3, -0.25) is 0 Å². The van der Waals surface area contributed by atoms with Gasteiger partial charge in [0.15, 0.2) is 0 Å². The number of fused-ring (bicyclic) bond motifs is 2. The van der Waals surface area contributed by atoms with Crippen LogP contribution in [0.3, 0.4) is 0 Å². The van der Waals surface area contributed by atoms with Crippen molar-refractivity contribution >= 4 is 11.2 Å².